The molecule has 0 aromatic heterocycles. The summed E-state index contributed by atoms with van der Waals surface area (Å²) in [5.74, 6) is -0.0104. The van der Waals surface area contributed by atoms with E-state index in [1.807, 2.05) is 19.1 Å². The van der Waals surface area contributed by atoms with Crippen LogP contribution < -0.4 is 10.6 Å². The highest BCUT2D eigenvalue weighted by atomic mass is 35.5. The van der Waals surface area contributed by atoms with Gasteiger partial charge in [0, 0.05) is 16.8 Å². The fourth-order valence-corrected chi connectivity index (χ4v) is 3.20. The first kappa shape index (κ1) is 16.3. The lowest BCUT2D eigenvalue weighted by Crippen LogP contribution is -2.41. The predicted octanol–water partition coefficient (Wildman–Crippen LogP) is 4.15. The summed E-state index contributed by atoms with van der Waals surface area (Å²) in [4.78, 5) is 12.1. The number of carbonyl (C=O) groups is 1. The summed E-state index contributed by atoms with van der Waals surface area (Å²) in [5, 5.41) is 6.95. The molecule has 1 aromatic carbocycles. The van der Waals surface area contributed by atoms with Crippen LogP contribution in [0.1, 0.15) is 45.1 Å². The predicted molar refractivity (Wildman–Crippen MR) is 88.9 cm³/mol. The lowest BCUT2D eigenvalue weighted by molar-refractivity contribution is -0.115. The third-order valence-corrected chi connectivity index (χ3v) is 4.47. The van der Waals surface area contributed by atoms with Crippen molar-refractivity contribution in [3.05, 3.63) is 28.8 Å². The van der Waals surface area contributed by atoms with Gasteiger partial charge >= 0.3 is 0 Å². The summed E-state index contributed by atoms with van der Waals surface area (Å²) < 4.78 is 0. The van der Waals surface area contributed by atoms with Crippen molar-refractivity contribution < 1.29 is 4.79 Å². The maximum atomic E-state index is 12.1. The molecule has 0 bridgehead atoms. The molecule has 2 N–H and O–H groups in total. The van der Waals surface area contributed by atoms with Crippen molar-refractivity contribution in [1.82, 2.24) is 5.32 Å². The minimum atomic E-state index is -0.0104. The Morgan fingerprint density at radius 2 is 2.19 bits per heavy atom. The molecule has 1 fully saturated rings. The van der Waals surface area contributed by atoms with Gasteiger partial charge in [-0.2, -0.15) is 0 Å². The van der Waals surface area contributed by atoms with Crippen molar-refractivity contribution in [2.75, 3.05) is 11.9 Å². The van der Waals surface area contributed by atoms with E-state index in [1.54, 1.807) is 6.07 Å². The molecule has 1 unspecified atom stereocenters. The number of amides is 1. The number of hydrogen-bond acceptors (Lipinski definition) is 2. The van der Waals surface area contributed by atoms with Crippen LogP contribution in [0.25, 0.3) is 0 Å². The van der Waals surface area contributed by atoms with Gasteiger partial charge in [0.05, 0.1) is 6.54 Å². The lowest BCUT2D eigenvalue weighted by atomic mass is 9.75. The summed E-state index contributed by atoms with van der Waals surface area (Å²) in [5.41, 5.74) is 2.19. The minimum Gasteiger partial charge on any atom is -0.325 e. The molecule has 21 heavy (non-hydrogen) atoms. The number of anilines is 1. The van der Waals surface area contributed by atoms with Crippen LogP contribution in [0, 0.1) is 12.3 Å². The number of halogens is 1. The molecular weight excluding hydrogens is 284 g/mol. The SMILES string of the molecule is Cc1ccc(Cl)cc1NC(=O)CNC1CCCC(C)(C)C1. The van der Waals surface area contributed by atoms with Crippen molar-refractivity contribution >= 4 is 23.2 Å². The zero-order chi connectivity index (χ0) is 15.5. The van der Waals surface area contributed by atoms with Gasteiger partial charge in [-0.1, -0.05) is 37.9 Å². The Morgan fingerprint density at radius 3 is 2.90 bits per heavy atom. The van der Waals surface area contributed by atoms with Crippen molar-refractivity contribution in [3.63, 3.8) is 0 Å². The van der Waals surface area contributed by atoms with Crippen molar-refractivity contribution in [1.29, 1.82) is 0 Å². The third kappa shape index (κ3) is 5.01. The first-order chi connectivity index (χ1) is 9.85. The van der Waals surface area contributed by atoms with Gasteiger partial charge in [-0.15, -0.1) is 0 Å². The highest BCUT2D eigenvalue weighted by Gasteiger charge is 2.27. The molecule has 1 atom stereocenters. The van der Waals surface area contributed by atoms with Crippen LogP contribution in [0.15, 0.2) is 18.2 Å². The van der Waals surface area contributed by atoms with Crippen LogP contribution in [0.4, 0.5) is 5.69 Å². The van der Waals surface area contributed by atoms with E-state index in [-0.39, 0.29) is 5.91 Å². The van der Waals surface area contributed by atoms with Crippen LogP contribution in [-0.2, 0) is 4.79 Å². The summed E-state index contributed by atoms with van der Waals surface area (Å²) >= 11 is 5.96. The quantitative estimate of drug-likeness (QED) is 0.877. The number of benzene rings is 1. The molecule has 0 spiro atoms. The fraction of sp³-hybridized carbons (Fsp3) is 0.588. The van der Waals surface area contributed by atoms with Crippen LogP contribution in [0.3, 0.4) is 0 Å². The van der Waals surface area contributed by atoms with Gasteiger partial charge in [0.25, 0.3) is 0 Å². The smallest absolute Gasteiger partial charge is 0.238 e. The topological polar surface area (TPSA) is 41.1 Å². The van der Waals surface area contributed by atoms with E-state index in [0.29, 0.717) is 23.0 Å². The Labute approximate surface area is 132 Å². The van der Waals surface area contributed by atoms with Crippen molar-refractivity contribution in [3.8, 4) is 0 Å². The average Bonchev–Trinajstić information content (AvgIpc) is 2.40. The van der Waals surface area contributed by atoms with Crippen molar-refractivity contribution in [2.24, 2.45) is 5.41 Å². The van der Waals surface area contributed by atoms with E-state index in [2.05, 4.69) is 24.5 Å². The summed E-state index contributed by atoms with van der Waals surface area (Å²) in [7, 11) is 0. The van der Waals surface area contributed by atoms with E-state index in [4.69, 9.17) is 11.6 Å². The van der Waals surface area contributed by atoms with E-state index in [1.165, 1.54) is 12.8 Å². The van der Waals surface area contributed by atoms with E-state index >= 15 is 0 Å². The van der Waals surface area contributed by atoms with Crippen LogP contribution in [0.2, 0.25) is 5.02 Å². The summed E-state index contributed by atoms with van der Waals surface area (Å²) in [6.07, 6.45) is 4.81. The second-order valence-electron chi connectivity index (χ2n) is 6.85. The minimum absolute atomic E-state index is 0.0104. The zero-order valence-corrected chi connectivity index (χ0v) is 13.9. The molecule has 1 aliphatic carbocycles. The van der Waals surface area contributed by atoms with Gasteiger partial charge in [0.1, 0.15) is 0 Å². The molecule has 3 nitrogen and oxygen atoms in total. The maximum absolute atomic E-state index is 12.1. The molecule has 1 aromatic rings. The number of aryl methyl sites for hydroxylation is 1. The Bertz CT molecular complexity index is 514. The van der Waals surface area contributed by atoms with Gasteiger partial charge in [-0.05, 0) is 49.3 Å². The largest absolute Gasteiger partial charge is 0.325 e. The molecule has 0 aliphatic heterocycles. The molecule has 1 saturated carbocycles. The summed E-state index contributed by atoms with van der Waals surface area (Å²) in [6.45, 7) is 6.92. The van der Waals surface area contributed by atoms with E-state index < -0.39 is 0 Å². The Kier molecular flexibility index (Phi) is 5.28. The molecule has 0 heterocycles. The standard InChI is InChI=1S/C17H25ClN2O/c1-12-6-7-13(18)9-15(12)20-16(21)11-19-14-5-4-8-17(2,3)10-14/h6-7,9,14,19H,4-5,8,10-11H2,1-3H3,(H,20,21). The van der Waals surface area contributed by atoms with Gasteiger partial charge < -0.3 is 10.6 Å². The molecule has 1 amide bonds. The number of carbonyl (C=O) groups excluding carboxylic acids is 1. The highest BCUT2D eigenvalue weighted by molar-refractivity contribution is 6.31. The molecule has 2 rings (SSSR count). The first-order valence-electron chi connectivity index (χ1n) is 7.65. The van der Waals surface area contributed by atoms with Crippen LogP contribution >= 0.6 is 11.6 Å². The molecule has 0 saturated heterocycles. The lowest BCUT2D eigenvalue weighted by Gasteiger charge is -2.35. The first-order valence-corrected chi connectivity index (χ1v) is 8.03. The Morgan fingerprint density at radius 1 is 1.43 bits per heavy atom. The van der Waals surface area contributed by atoms with Crippen LogP contribution in [0.5, 0.6) is 0 Å². The third-order valence-electron chi connectivity index (χ3n) is 4.23. The number of hydrogen-bond donors (Lipinski definition) is 2. The molecule has 1 aliphatic rings. The Balaban J connectivity index is 1.83. The molecule has 4 heteroatoms. The van der Waals surface area contributed by atoms with E-state index in [0.717, 1.165) is 24.1 Å². The second kappa shape index (κ2) is 6.80. The monoisotopic (exact) mass is 308 g/mol. The van der Waals surface area contributed by atoms with Gasteiger partial charge in [-0.25, -0.2) is 0 Å². The molecule has 0 radical (unpaired) electrons. The number of rotatable bonds is 4. The van der Waals surface area contributed by atoms with Gasteiger partial charge in [0.15, 0.2) is 0 Å². The second-order valence-corrected chi connectivity index (χ2v) is 7.28. The molecular formula is C17H25ClN2O. The van der Waals surface area contributed by atoms with Crippen molar-refractivity contribution in [2.45, 2.75) is 52.5 Å². The van der Waals surface area contributed by atoms with Gasteiger partial charge in [-0.3, -0.25) is 4.79 Å². The normalized spacial score (nSPS) is 21.0. The van der Waals surface area contributed by atoms with Crippen LogP contribution in [-0.4, -0.2) is 18.5 Å². The summed E-state index contributed by atoms with van der Waals surface area (Å²) in [6, 6.07) is 5.97. The van der Waals surface area contributed by atoms with Gasteiger partial charge in [0.2, 0.25) is 5.91 Å². The fourth-order valence-electron chi connectivity index (χ4n) is 3.03. The zero-order valence-electron chi connectivity index (χ0n) is 13.1. The Hall–Kier alpha value is -1.06. The highest BCUT2D eigenvalue weighted by Crippen LogP contribution is 2.34. The molecule has 116 valence electrons. The van der Waals surface area contributed by atoms with E-state index in [9.17, 15) is 4.79 Å². The average molecular weight is 309 g/mol. The number of nitrogens with one attached hydrogen (secondary N) is 2. The maximum Gasteiger partial charge on any atom is 0.238 e.